The first-order chi connectivity index (χ1) is 15.0. The van der Waals surface area contributed by atoms with Gasteiger partial charge in [-0.1, -0.05) is 37.3 Å². The molecule has 0 bridgehead atoms. The van der Waals surface area contributed by atoms with Gasteiger partial charge >= 0.3 is 0 Å². The molecule has 0 radical (unpaired) electrons. The fourth-order valence-electron chi connectivity index (χ4n) is 4.07. The lowest BCUT2D eigenvalue weighted by atomic mass is 9.89. The minimum absolute atomic E-state index is 0.140. The van der Waals surface area contributed by atoms with Crippen LogP contribution in [0.5, 0.6) is 0 Å². The first-order valence-corrected chi connectivity index (χ1v) is 10.5. The molecule has 3 aromatic rings. The number of nitrogens with zero attached hydrogens (tertiary/aromatic N) is 2. The Labute approximate surface area is 178 Å². The van der Waals surface area contributed by atoms with Gasteiger partial charge in [0, 0.05) is 17.2 Å². The summed E-state index contributed by atoms with van der Waals surface area (Å²) in [5.74, 6) is -2.18. The van der Waals surface area contributed by atoms with Crippen LogP contribution in [0.15, 0.2) is 53.3 Å². The van der Waals surface area contributed by atoms with Crippen LogP contribution in [0.4, 0.5) is 14.5 Å². The van der Waals surface area contributed by atoms with Crippen molar-refractivity contribution in [2.45, 2.75) is 45.1 Å². The van der Waals surface area contributed by atoms with Crippen LogP contribution in [0.3, 0.4) is 0 Å². The zero-order valence-electron chi connectivity index (χ0n) is 17.2. The maximum absolute atomic E-state index is 14.0. The predicted octanol–water partition coefficient (Wildman–Crippen LogP) is 4.66. The first kappa shape index (κ1) is 20.9. The van der Waals surface area contributed by atoms with E-state index in [0.717, 1.165) is 42.5 Å². The van der Waals surface area contributed by atoms with Gasteiger partial charge in [0.15, 0.2) is 0 Å². The van der Waals surface area contributed by atoms with Crippen LogP contribution in [0.25, 0.3) is 11.3 Å². The molecule has 1 aliphatic carbocycles. The topological polar surface area (TPSA) is 64.0 Å². The lowest BCUT2D eigenvalue weighted by molar-refractivity contribution is -0.119. The number of fused-ring (bicyclic) bond motifs is 1. The molecular weight excluding hydrogens is 400 g/mol. The van der Waals surface area contributed by atoms with Crippen molar-refractivity contribution < 1.29 is 13.6 Å². The molecule has 0 fully saturated rings. The molecule has 0 saturated heterocycles. The summed E-state index contributed by atoms with van der Waals surface area (Å²) in [5, 5.41) is 7.09. The molecule has 1 N–H and O–H groups in total. The van der Waals surface area contributed by atoms with Gasteiger partial charge in [-0.2, -0.15) is 5.10 Å². The Kier molecular flexibility index (Phi) is 5.93. The largest absolute Gasteiger partial charge is 0.322 e. The third-order valence-corrected chi connectivity index (χ3v) is 5.65. The lowest BCUT2D eigenvalue weighted by Crippen LogP contribution is -2.38. The van der Waals surface area contributed by atoms with Gasteiger partial charge in [0.1, 0.15) is 17.7 Å². The molecule has 1 aromatic heterocycles. The average Bonchev–Trinajstić information content (AvgIpc) is 2.78. The van der Waals surface area contributed by atoms with Gasteiger partial charge < -0.3 is 5.32 Å². The Balaban J connectivity index is 1.78. The van der Waals surface area contributed by atoms with Crippen molar-refractivity contribution in [1.29, 1.82) is 0 Å². The molecule has 160 valence electrons. The monoisotopic (exact) mass is 423 g/mol. The van der Waals surface area contributed by atoms with Crippen molar-refractivity contribution in [3.05, 3.63) is 81.6 Å². The number of hydrogen-bond acceptors (Lipinski definition) is 3. The summed E-state index contributed by atoms with van der Waals surface area (Å²) in [6, 6.07) is 11.6. The molecule has 2 aromatic carbocycles. The van der Waals surface area contributed by atoms with E-state index in [4.69, 9.17) is 0 Å². The standard InChI is InChI=1S/C24H23F2N3O2/c1-2-21(23(30)27-20-13-12-16(25)14-19(20)26)29-24(31)18-11-7-6-10-17(18)22(28-29)15-8-4-3-5-9-15/h3-5,8-9,12-14,21H,2,6-7,10-11H2,1H3,(H,27,30)/t21-/m1/s1. The van der Waals surface area contributed by atoms with Crippen molar-refractivity contribution in [1.82, 2.24) is 9.78 Å². The zero-order valence-corrected chi connectivity index (χ0v) is 17.2. The molecule has 31 heavy (non-hydrogen) atoms. The third kappa shape index (κ3) is 4.13. The normalized spacial score (nSPS) is 14.0. The minimum atomic E-state index is -0.924. The summed E-state index contributed by atoms with van der Waals surface area (Å²) in [6.07, 6.45) is 3.59. The van der Waals surface area contributed by atoms with E-state index in [9.17, 15) is 18.4 Å². The zero-order chi connectivity index (χ0) is 22.0. The first-order valence-electron chi connectivity index (χ1n) is 10.5. The van der Waals surface area contributed by atoms with Gasteiger partial charge in [-0.3, -0.25) is 9.59 Å². The highest BCUT2D eigenvalue weighted by atomic mass is 19.1. The number of amides is 1. The van der Waals surface area contributed by atoms with Crippen LogP contribution >= 0.6 is 0 Å². The van der Waals surface area contributed by atoms with E-state index in [1.54, 1.807) is 6.92 Å². The summed E-state index contributed by atoms with van der Waals surface area (Å²) in [4.78, 5) is 26.2. The van der Waals surface area contributed by atoms with Crippen LogP contribution in [0.2, 0.25) is 0 Å². The molecule has 0 spiro atoms. The molecule has 7 heteroatoms. The van der Waals surface area contributed by atoms with Crippen molar-refractivity contribution in [2.75, 3.05) is 5.32 Å². The average molecular weight is 423 g/mol. The van der Waals surface area contributed by atoms with Crippen molar-refractivity contribution in [3.8, 4) is 11.3 Å². The number of carbonyl (C=O) groups is 1. The second kappa shape index (κ2) is 8.79. The van der Waals surface area contributed by atoms with E-state index in [0.29, 0.717) is 23.7 Å². The molecule has 1 atom stereocenters. The van der Waals surface area contributed by atoms with E-state index >= 15 is 0 Å². The Morgan fingerprint density at radius 2 is 1.81 bits per heavy atom. The van der Waals surface area contributed by atoms with Gasteiger partial charge in [0.05, 0.1) is 11.4 Å². The molecular formula is C24H23F2N3O2. The number of halogens is 2. The third-order valence-electron chi connectivity index (χ3n) is 5.65. The smallest absolute Gasteiger partial charge is 0.271 e. The number of carbonyl (C=O) groups excluding carboxylic acids is 1. The maximum atomic E-state index is 14.0. The van der Waals surface area contributed by atoms with Gasteiger partial charge in [0.2, 0.25) is 5.91 Å². The quantitative estimate of drug-likeness (QED) is 0.649. The van der Waals surface area contributed by atoms with Crippen LogP contribution in [-0.2, 0) is 17.6 Å². The van der Waals surface area contributed by atoms with Gasteiger partial charge in [-0.25, -0.2) is 13.5 Å². The van der Waals surface area contributed by atoms with E-state index in [1.807, 2.05) is 30.3 Å². The fourth-order valence-corrected chi connectivity index (χ4v) is 4.07. The van der Waals surface area contributed by atoms with E-state index in [1.165, 1.54) is 4.68 Å². The summed E-state index contributed by atoms with van der Waals surface area (Å²) in [7, 11) is 0. The Morgan fingerprint density at radius 1 is 1.10 bits per heavy atom. The number of hydrogen-bond donors (Lipinski definition) is 1. The summed E-state index contributed by atoms with van der Waals surface area (Å²) < 4.78 is 28.4. The van der Waals surface area contributed by atoms with E-state index < -0.39 is 23.6 Å². The highest BCUT2D eigenvalue weighted by molar-refractivity contribution is 5.93. The highest BCUT2D eigenvalue weighted by Crippen LogP contribution is 2.29. The van der Waals surface area contributed by atoms with Crippen LogP contribution in [-0.4, -0.2) is 15.7 Å². The number of rotatable bonds is 5. The molecule has 1 heterocycles. The van der Waals surface area contributed by atoms with Crippen LogP contribution in [0, 0.1) is 11.6 Å². The van der Waals surface area contributed by atoms with Crippen molar-refractivity contribution in [2.24, 2.45) is 0 Å². The number of nitrogens with one attached hydrogen (secondary N) is 1. The maximum Gasteiger partial charge on any atom is 0.271 e. The Hall–Kier alpha value is -3.35. The van der Waals surface area contributed by atoms with Crippen LogP contribution in [0.1, 0.15) is 43.4 Å². The number of benzene rings is 2. The predicted molar refractivity (Wildman–Crippen MR) is 115 cm³/mol. The van der Waals surface area contributed by atoms with E-state index in [2.05, 4.69) is 10.4 Å². The SMILES string of the molecule is CC[C@H](C(=O)Nc1ccc(F)cc1F)n1nc(-c2ccccc2)c2c(c1=O)CCCC2. The number of anilines is 1. The molecule has 1 aliphatic rings. The van der Waals surface area contributed by atoms with Crippen LogP contribution < -0.4 is 10.9 Å². The minimum Gasteiger partial charge on any atom is -0.322 e. The van der Waals surface area contributed by atoms with Gasteiger partial charge in [0.25, 0.3) is 5.56 Å². The Bertz CT molecular complexity index is 1180. The second-order valence-corrected chi connectivity index (χ2v) is 7.67. The highest BCUT2D eigenvalue weighted by Gasteiger charge is 2.27. The van der Waals surface area contributed by atoms with Crippen molar-refractivity contribution in [3.63, 3.8) is 0 Å². The molecule has 4 rings (SSSR count). The molecule has 5 nitrogen and oxygen atoms in total. The molecule has 0 unspecified atom stereocenters. The van der Waals surface area contributed by atoms with Gasteiger partial charge in [-0.05, 0) is 49.8 Å². The summed E-state index contributed by atoms with van der Waals surface area (Å²) in [5.41, 5.74) is 2.80. The summed E-state index contributed by atoms with van der Waals surface area (Å²) >= 11 is 0. The molecule has 1 amide bonds. The summed E-state index contributed by atoms with van der Waals surface area (Å²) in [6.45, 7) is 1.76. The molecule has 0 saturated carbocycles. The van der Waals surface area contributed by atoms with E-state index in [-0.39, 0.29) is 17.7 Å². The number of aromatic nitrogens is 2. The van der Waals surface area contributed by atoms with Crippen molar-refractivity contribution >= 4 is 11.6 Å². The second-order valence-electron chi connectivity index (χ2n) is 7.67. The van der Waals surface area contributed by atoms with Gasteiger partial charge in [-0.15, -0.1) is 0 Å². The fraction of sp³-hybridized carbons (Fsp3) is 0.292. The Morgan fingerprint density at radius 3 is 2.48 bits per heavy atom. The molecule has 0 aliphatic heterocycles. The lowest BCUT2D eigenvalue weighted by Gasteiger charge is -2.23.